The van der Waals surface area contributed by atoms with Gasteiger partial charge in [0.25, 0.3) is 0 Å². The van der Waals surface area contributed by atoms with Gasteiger partial charge in [-0.3, -0.25) is 9.48 Å². The number of nitriles is 1. The summed E-state index contributed by atoms with van der Waals surface area (Å²) in [5, 5.41) is 18.3. The average molecular weight is 419 g/mol. The van der Waals surface area contributed by atoms with Crippen LogP contribution in [-0.4, -0.2) is 15.7 Å². The van der Waals surface area contributed by atoms with Gasteiger partial charge in [-0.25, -0.2) is 0 Å². The molecule has 2 heterocycles. The number of carbonyl (C=O) groups excluding carboxylic acids is 1. The molecule has 0 unspecified atom stereocenters. The molecule has 0 fully saturated rings. The molecule has 1 atom stereocenters. The predicted molar refractivity (Wildman–Crippen MR) is 114 cm³/mol. The van der Waals surface area contributed by atoms with Gasteiger partial charge in [0.1, 0.15) is 11.1 Å². The molecule has 0 saturated heterocycles. The number of fused-ring (bicyclic) bond motifs is 1. The molecule has 1 amide bonds. The minimum absolute atomic E-state index is 0.105. The molecule has 150 valence electrons. The molecule has 0 bridgehead atoms. The Morgan fingerprint density at radius 2 is 2.14 bits per heavy atom. The van der Waals surface area contributed by atoms with Crippen LogP contribution in [0.25, 0.3) is 0 Å². The zero-order valence-electron chi connectivity index (χ0n) is 17.1. The number of carbonyl (C=O) groups is 1. The van der Waals surface area contributed by atoms with Gasteiger partial charge < -0.3 is 5.32 Å². The second kappa shape index (κ2) is 7.88. The second-order valence-electron chi connectivity index (χ2n) is 8.63. The second-order valence-corrected chi connectivity index (χ2v) is 10.1. The molecule has 2 aromatic heterocycles. The summed E-state index contributed by atoms with van der Waals surface area (Å²) < 4.78 is 1.76. The highest BCUT2D eigenvalue weighted by atomic mass is 35.5. The Morgan fingerprint density at radius 3 is 2.71 bits per heavy atom. The van der Waals surface area contributed by atoms with E-state index in [2.05, 4.69) is 37.3 Å². The summed E-state index contributed by atoms with van der Waals surface area (Å²) in [7, 11) is 0. The fourth-order valence-electron chi connectivity index (χ4n) is 3.82. The first-order chi connectivity index (χ1) is 13.1. The predicted octanol–water partition coefficient (Wildman–Crippen LogP) is 5.27. The van der Waals surface area contributed by atoms with Gasteiger partial charge in [-0.1, -0.05) is 32.4 Å². The highest BCUT2D eigenvalue weighted by molar-refractivity contribution is 7.16. The van der Waals surface area contributed by atoms with E-state index in [4.69, 9.17) is 11.6 Å². The monoisotopic (exact) mass is 418 g/mol. The van der Waals surface area contributed by atoms with Crippen LogP contribution in [0.1, 0.15) is 61.0 Å². The summed E-state index contributed by atoms with van der Waals surface area (Å²) in [4.78, 5) is 13.8. The molecule has 1 aliphatic carbocycles. The molecule has 28 heavy (non-hydrogen) atoms. The molecular formula is C21H27ClN4OS. The molecule has 0 aliphatic heterocycles. The fraction of sp³-hybridized carbons (Fsp3) is 0.571. The van der Waals surface area contributed by atoms with Crippen LogP contribution in [-0.2, 0) is 24.2 Å². The number of thiophene rings is 1. The lowest BCUT2D eigenvalue weighted by Crippen LogP contribution is -2.26. The first kappa shape index (κ1) is 20.9. The third-order valence-corrected chi connectivity index (χ3v) is 7.42. The van der Waals surface area contributed by atoms with Gasteiger partial charge in [-0.2, -0.15) is 10.4 Å². The van der Waals surface area contributed by atoms with E-state index < -0.39 is 0 Å². The number of hydrogen-bond donors (Lipinski definition) is 1. The van der Waals surface area contributed by atoms with E-state index >= 15 is 0 Å². The Hall–Kier alpha value is -1.84. The largest absolute Gasteiger partial charge is 0.317 e. The maximum Gasteiger partial charge on any atom is 0.226 e. The number of hydrogen-bond acceptors (Lipinski definition) is 4. The molecule has 0 radical (unpaired) electrons. The third kappa shape index (κ3) is 4.11. The molecule has 5 nitrogen and oxygen atoms in total. The molecule has 1 N–H and O–H groups in total. The van der Waals surface area contributed by atoms with Crippen molar-refractivity contribution >= 4 is 33.8 Å². The SMILES string of the molecule is Cc1nn(CCC(=O)Nc2sc3c(c2C#N)CC[C@@H](C(C)(C)C)C3)c(C)c1Cl. The standard InChI is InChI=1S/C21H27ClN4OS/c1-12-19(22)13(2)26(25-12)9-8-18(27)24-20-16(11-23)15-7-6-14(21(3,4)5)10-17(15)28-20/h14H,6-10H2,1-5H3,(H,24,27)/t14-/m1/s1. The van der Waals surface area contributed by atoms with E-state index in [1.807, 2.05) is 13.8 Å². The Bertz CT molecular complexity index is 945. The van der Waals surface area contributed by atoms with E-state index in [9.17, 15) is 10.1 Å². The maximum absolute atomic E-state index is 12.5. The van der Waals surface area contributed by atoms with Gasteiger partial charge in [0.15, 0.2) is 0 Å². The first-order valence-corrected chi connectivity index (χ1v) is 10.8. The quantitative estimate of drug-likeness (QED) is 0.735. The van der Waals surface area contributed by atoms with Gasteiger partial charge in [-0.15, -0.1) is 11.3 Å². The van der Waals surface area contributed by atoms with Crippen molar-refractivity contribution in [3.05, 3.63) is 32.4 Å². The van der Waals surface area contributed by atoms with Crippen molar-refractivity contribution in [3.8, 4) is 6.07 Å². The van der Waals surface area contributed by atoms with Crippen molar-refractivity contribution in [3.63, 3.8) is 0 Å². The zero-order chi connectivity index (χ0) is 20.6. The molecule has 0 aromatic carbocycles. The van der Waals surface area contributed by atoms with Crippen molar-refractivity contribution in [2.45, 2.75) is 66.8 Å². The van der Waals surface area contributed by atoms with Crippen molar-refractivity contribution < 1.29 is 4.79 Å². The summed E-state index contributed by atoms with van der Waals surface area (Å²) in [6.07, 6.45) is 3.28. The number of anilines is 1. The summed E-state index contributed by atoms with van der Waals surface area (Å²) >= 11 is 7.73. The van der Waals surface area contributed by atoms with Gasteiger partial charge in [0, 0.05) is 11.3 Å². The van der Waals surface area contributed by atoms with Crippen molar-refractivity contribution in [2.75, 3.05) is 5.32 Å². The molecule has 0 spiro atoms. The Kier molecular flexibility index (Phi) is 5.88. The maximum atomic E-state index is 12.5. The van der Waals surface area contributed by atoms with Crippen LogP contribution in [0.15, 0.2) is 0 Å². The Balaban J connectivity index is 1.71. The smallest absolute Gasteiger partial charge is 0.226 e. The topological polar surface area (TPSA) is 70.7 Å². The van der Waals surface area contributed by atoms with Crippen molar-refractivity contribution in [1.29, 1.82) is 5.26 Å². The third-order valence-electron chi connectivity index (χ3n) is 5.70. The molecule has 7 heteroatoms. The highest BCUT2D eigenvalue weighted by Crippen LogP contribution is 2.44. The lowest BCUT2D eigenvalue weighted by Gasteiger charge is -2.33. The first-order valence-electron chi connectivity index (χ1n) is 9.65. The van der Waals surface area contributed by atoms with Crippen LogP contribution in [0.5, 0.6) is 0 Å². The van der Waals surface area contributed by atoms with E-state index in [0.717, 1.165) is 36.2 Å². The Labute approximate surface area is 175 Å². The number of rotatable bonds is 4. The number of aromatic nitrogens is 2. The summed E-state index contributed by atoms with van der Waals surface area (Å²) in [5.74, 6) is 0.496. The highest BCUT2D eigenvalue weighted by Gasteiger charge is 2.32. The average Bonchev–Trinajstić information content (AvgIpc) is 3.09. The van der Waals surface area contributed by atoms with Crippen LogP contribution < -0.4 is 5.32 Å². The number of halogens is 1. The lowest BCUT2D eigenvalue weighted by molar-refractivity contribution is -0.116. The fourth-order valence-corrected chi connectivity index (χ4v) is 5.25. The summed E-state index contributed by atoms with van der Waals surface area (Å²) in [5.41, 5.74) is 3.66. The number of nitrogens with one attached hydrogen (secondary N) is 1. The van der Waals surface area contributed by atoms with Gasteiger partial charge in [-0.05, 0) is 50.0 Å². The minimum Gasteiger partial charge on any atom is -0.317 e. The minimum atomic E-state index is -0.105. The van der Waals surface area contributed by atoms with Crippen LogP contribution in [0.2, 0.25) is 5.02 Å². The lowest BCUT2D eigenvalue weighted by atomic mass is 9.72. The van der Waals surface area contributed by atoms with Crippen molar-refractivity contribution in [2.24, 2.45) is 11.3 Å². The normalized spacial score (nSPS) is 16.5. The van der Waals surface area contributed by atoms with Gasteiger partial charge >= 0.3 is 0 Å². The van der Waals surface area contributed by atoms with E-state index in [1.165, 1.54) is 4.88 Å². The number of aryl methyl sites for hydroxylation is 2. The molecule has 1 aliphatic rings. The van der Waals surface area contributed by atoms with Gasteiger partial charge in [0.2, 0.25) is 5.91 Å². The number of nitrogens with zero attached hydrogens (tertiary/aromatic N) is 3. The van der Waals surface area contributed by atoms with Crippen LogP contribution >= 0.6 is 22.9 Å². The van der Waals surface area contributed by atoms with E-state index in [-0.39, 0.29) is 17.7 Å². The molecule has 3 rings (SSSR count). The van der Waals surface area contributed by atoms with E-state index in [1.54, 1.807) is 16.0 Å². The van der Waals surface area contributed by atoms with Crippen LogP contribution in [0, 0.1) is 36.5 Å². The summed E-state index contributed by atoms with van der Waals surface area (Å²) in [6.45, 7) is 11.0. The van der Waals surface area contributed by atoms with Crippen LogP contribution in [0.4, 0.5) is 5.00 Å². The summed E-state index contributed by atoms with van der Waals surface area (Å²) in [6, 6.07) is 2.32. The molecular weight excluding hydrogens is 392 g/mol. The van der Waals surface area contributed by atoms with Crippen LogP contribution in [0.3, 0.4) is 0 Å². The Morgan fingerprint density at radius 1 is 1.43 bits per heavy atom. The van der Waals surface area contributed by atoms with Crippen molar-refractivity contribution in [1.82, 2.24) is 9.78 Å². The zero-order valence-corrected chi connectivity index (χ0v) is 18.7. The number of amides is 1. The molecule has 2 aromatic rings. The van der Waals surface area contributed by atoms with E-state index in [0.29, 0.717) is 28.0 Å². The molecule has 0 saturated carbocycles. The van der Waals surface area contributed by atoms with Gasteiger partial charge in [0.05, 0.1) is 28.5 Å².